The average molecular weight is 230 g/mol. The Bertz CT molecular complexity index is 182. The average Bonchev–Trinajstić information content (AvgIpc) is 2.21. The van der Waals surface area contributed by atoms with Crippen LogP contribution in [0.4, 0.5) is 0 Å². The normalized spacial score (nSPS) is 24.4. The molecule has 1 aliphatic heterocycles. The Morgan fingerprint density at radius 1 is 1.47 bits per heavy atom. The topological polar surface area (TPSA) is 15.3 Å². The fourth-order valence-electron chi connectivity index (χ4n) is 1.76. The molecule has 1 aliphatic rings. The molecule has 0 aliphatic carbocycles. The second kappa shape index (κ2) is 6.12. The van der Waals surface area contributed by atoms with E-state index in [1.807, 2.05) is 0 Å². The van der Waals surface area contributed by atoms with E-state index in [0.29, 0.717) is 5.54 Å². The van der Waals surface area contributed by atoms with Gasteiger partial charge in [0.25, 0.3) is 0 Å². The second-order valence-corrected chi connectivity index (χ2v) is 6.27. The van der Waals surface area contributed by atoms with Crippen LogP contribution in [-0.4, -0.2) is 47.6 Å². The minimum absolute atomic E-state index is 0.299. The van der Waals surface area contributed by atoms with Crippen LogP contribution in [0.25, 0.3) is 0 Å². The van der Waals surface area contributed by atoms with Crippen LogP contribution in [0.5, 0.6) is 0 Å². The van der Waals surface area contributed by atoms with Crippen molar-refractivity contribution in [3.8, 4) is 0 Å². The van der Waals surface area contributed by atoms with Gasteiger partial charge >= 0.3 is 0 Å². The van der Waals surface area contributed by atoms with Gasteiger partial charge < -0.3 is 5.32 Å². The van der Waals surface area contributed by atoms with E-state index in [-0.39, 0.29) is 0 Å². The van der Waals surface area contributed by atoms with E-state index < -0.39 is 0 Å². The maximum absolute atomic E-state index is 3.63. The van der Waals surface area contributed by atoms with Gasteiger partial charge in [-0.3, -0.25) is 4.90 Å². The Labute approximate surface area is 99.2 Å². The van der Waals surface area contributed by atoms with E-state index in [1.165, 1.54) is 31.0 Å². The van der Waals surface area contributed by atoms with Crippen molar-refractivity contribution < 1.29 is 0 Å². The van der Waals surface area contributed by atoms with Gasteiger partial charge in [-0.2, -0.15) is 11.8 Å². The van der Waals surface area contributed by atoms with E-state index in [0.717, 1.165) is 12.6 Å². The Balaban J connectivity index is 2.19. The summed E-state index contributed by atoms with van der Waals surface area (Å²) in [5.74, 6) is 2.61. The zero-order valence-electron chi connectivity index (χ0n) is 10.7. The third-order valence-electron chi connectivity index (χ3n) is 3.39. The van der Waals surface area contributed by atoms with E-state index in [1.54, 1.807) is 0 Å². The number of hydrogen-bond acceptors (Lipinski definition) is 3. The lowest BCUT2D eigenvalue weighted by molar-refractivity contribution is 0.221. The molecule has 90 valence electrons. The van der Waals surface area contributed by atoms with Gasteiger partial charge in [-0.05, 0) is 27.2 Å². The minimum atomic E-state index is 0.299. The monoisotopic (exact) mass is 230 g/mol. The van der Waals surface area contributed by atoms with Crippen LogP contribution < -0.4 is 5.32 Å². The molecule has 0 saturated carbocycles. The van der Waals surface area contributed by atoms with Crippen molar-refractivity contribution in [3.63, 3.8) is 0 Å². The van der Waals surface area contributed by atoms with Gasteiger partial charge in [0, 0.05) is 42.7 Å². The molecule has 1 atom stereocenters. The maximum Gasteiger partial charge on any atom is 0.0158 e. The number of thioether (sulfide) groups is 1. The predicted octanol–water partition coefficient (Wildman–Crippen LogP) is 2.20. The molecular weight excluding hydrogens is 204 g/mol. The molecule has 0 aromatic heterocycles. The van der Waals surface area contributed by atoms with Crippen LogP contribution >= 0.6 is 11.8 Å². The van der Waals surface area contributed by atoms with Crippen LogP contribution in [0.1, 0.15) is 34.1 Å². The number of hydrogen-bond donors (Lipinski definition) is 1. The summed E-state index contributed by atoms with van der Waals surface area (Å²) in [5, 5.41) is 3.63. The quantitative estimate of drug-likeness (QED) is 0.779. The molecule has 1 fully saturated rings. The summed E-state index contributed by atoms with van der Waals surface area (Å²) in [6.45, 7) is 12.7. The van der Waals surface area contributed by atoms with Gasteiger partial charge in [-0.25, -0.2) is 0 Å². The predicted molar refractivity (Wildman–Crippen MR) is 70.7 cm³/mol. The molecule has 0 spiro atoms. The van der Waals surface area contributed by atoms with Crippen molar-refractivity contribution in [2.45, 2.75) is 45.7 Å². The SMILES string of the molecule is CCC(C)(C)NCCN1CCSCC1C. The highest BCUT2D eigenvalue weighted by atomic mass is 32.2. The summed E-state index contributed by atoms with van der Waals surface area (Å²) in [5.41, 5.74) is 0.299. The molecule has 0 aromatic carbocycles. The van der Waals surface area contributed by atoms with Crippen LogP contribution in [0.3, 0.4) is 0 Å². The highest BCUT2D eigenvalue weighted by molar-refractivity contribution is 7.99. The van der Waals surface area contributed by atoms with Crippen LogP contribution in [0.2, 0.25) is 0 Å². The molecule has 1 unspecified atom stereocenters. The molecule has 15 heavy (non-hydrogen) atoms. The lowest BCUT2D eigenvalue weighted by Crippen LogP contribution is -2.47. The largest absolute Gasteiger partial charge is 0.311 e. The summed E-state index contributed by atoms with van der Waals surface area (Å²) in [7, 11) is 0. The van der Waals surface area contributed by atoms with Crippen LogP contribution in [0.15, 0.2) is 0 Å². The molecular formula is C12H26N2S. The zero-order valence-corrected chi connectivity index (χ0v) is 11.5. The first-order chi connectivity index (χ1) is 7.05. The highest BCUT2D eigenvalue weighted by Gasteiger charge is 2.19. The summed E-state index contributed by atoms with van der Waals surface area (Å²) in [6.07, 6.45) is 1.19. The molecule has 0 radical (unpaired) electrons. The number of nitrogens with zero attached hydrogens (tertiary/aromatic N) is 1. The fourth-order valence-corrected chi connectivity index (χ4v) is 2.84. The summed E-state index contributed by atoms with van der Waals surface area (Å²) >= 11 is 2.09. The number of nitrogens with one attached hydrogen (secondary N) is 1. The van der Waals surface area contributed by atoms with Crippen LogP contribution in [0, 0.1) is 0 Å². The maximum atomic E-state index is 3.63. The number of rotatable bonds is 5. The molecule has 1 N–H and O–H groups in total. The van der Waals surface area contributed by atoms with Gasteiger partial charge in [0.2, 0.25) is 0 Å². The van der Waals surface area contributed by atoms with Crippen molar-refractivity contribution in [2.75, 3.05) is 31.1 Å². The Kier molecular flexibility index (Phi) is 5.44. The summed E-state index contributed by atoms with van der Waals surface area (Å²) in [4.78, 5) is 2.61. The van der Waals surface area contributed by atoms with Crippen molar-refractivity contribution in [3.05, 3.63) is 0 Å². The van der Waals surface area contributed by atoms with Gasteiger partial charge in [0.1, 0.15) is 0 Å². The van der Waals surface area contributed by atoms with Crippen molar-refractivity contribution in [2.24, 2.45) is 0 Å². The highest BCUT2D eigenvalue weighted by Crippen LogP contribution is 2.15. The van der Waals surface area contributed by atoms with Gasteiger partial charge in [0.15, 0.2) is 0 Å². The first-order valence-corrected chi connectivity index (χ1v) is 7.27. The van der Waals surface area contributed by atoms with Crippen molar-refractivity contribution >= 4 is 11.8 Å². The van der Waals surface area contributed by atoms with Crippen LogP contribution in [-0.2, 0) is 0 Å². The van der Waals surface area contributed by atoms with E-state index >= 15 is 0 Å². The van der Waals surface area contributed by atoms with Gasteiger partial charge in [-0.15, -0.1) is 0 Å². The molecule has 1 saturated heterocycles. The lowest BCUT2D eigenvalue weighted by atomic mass is 10.0. The zero-order chi connectivity index (χ0) is 11.3. The Morgan fingerprint density at radius 3 is 2.80 bits per heavy atom. The summed E-state index contributed by atoms with van der Waals surface area (Å²) in [6, 6.07) is 0.760. The van der Waals surface area contributed by atoms with Crippen molar-refractivity contribution in [1.82, 2.24) is 10.2 Å². The first kappa shape index (κ1) is 13.3. The van der Waals surface area contributed by atoms with Crippen molar-refractivity contribution in [1.29, 1.82) is 0 Å². The molecule has 2 nitrogen and oxygen atoms in total. The van der Waals surface area contributed by atoms with E-state index in [2.05, 4.69) is 49.7 Å². The van der Waals surface area contributed by atoms with Gasteiger partial charge in [-0.1, -0.05) is 6.92 Å². The lowest BCUT2D eigenvalue weighted by Gasteiger charge is -2.34. The second-order valence-electron chi connectivity index (χ2n) is 5.12. The smallest absolute Gasteiger partial charge is 0.0158 e. The first-order valence-electron chi connectivity index (χ1n) is 6.12. The molecule has 0 aromatic rings. The minimum Gasteiger partial charge on any atom is -0.311 e. The third kappa shape index (κ3) is 4.75. The molecule has 0 bridgehead atoms. The molecule has 0 amide bonds. The van der Waals surface area contributed by atoms with E-state index in [4.69, 9.17) is 0 Å². The van der Waals surface area contributed by atoms with Gasteiger partial charge in [0.05, 0.1) is 0 Å². The fraction of sp³-hybridized carbons (Fsp3) is 1.00. The third-order valence-corrected chi connectivity index (χ3v) is 4.58. The standard InChI is InChI=1S/C12H26N2S/c1-5-12(3,4)13-6-7-14-8-9-15-10-11(14)2/h11,13H,5-10H2,1-4H3. The molecule has 1 rings (SSSR count). The van der Waals surface area contributed by atoms with E-state index in [9.17, 15) is 0 Å². The molecule has 3 heteroatoms. The molecule has 1 heterocycles. The Hall–Kier alpha value is 0.270. The summed E-state index contributed by atoms with van der Waals surface area (Å²) < 4.78 is 0. The Morgan fingerprint density at radius 2 is 2.20 bits per heavy atom.